The summed E-state index contributed by atoms with van der Waals surface area (Å²) in [7, 11) is 0. The molecule has 3 rings (SSSR count). The van der Waals surface area contributed by atoms with Crippen LogP contribution in [0.3, 0.4) is 0 Å². The summed E-state index contributed by atoms with van der Waals surface area (Å²) in [5.41, 5.74) is 11.6. The quantitative estimate of drug-likeness (QED) is 0.470. The van der Waals surface area contributed by atoms with Gasteiger partial charge >= 0.3 is 0 Å². The molecule has 8 nitrogen and oxygen atoms in total. The van der Waals surface area contributed by atoms with Gasteiger partial charge in [0.15, 0.2) is 17.9 Å². The Morgan fingerprint density at radius 1 is 1.29 bits per heavy atom. The number of ether oxygens (including phenoxy) is 2. The second kappa shape index (κ2) is 3.69. The minimum atomic E-state index is -0.367. The first-order valence-corrected chi connectivity index (χ1v) is 5.25. The number of hydrogen-bond donors (Lipinski definition) is 4. The normalized spacial score (nSPS) is 34.4. The van der Waals surface area contributed by atoms with Gasteiger partial charge < -0.3 is 31.4 Å². The monoisotopic (exact) mass is 239 g/mol. The molecule has 0 saturated carbocycles. The highest BCUT2D eigenvalue weighted by Gasteiger charge is 2.58. The molecule has 92 valence electrons. The molecular formula is C9H13N5O3. The van der Waals surface area contributed by atoms with E-state index in [1.54, 1.807) is 0 Å². The summed E-state index contributed by atoms with van der Waals surface area (Å²) in [6, 6.07) is 0. The van der Waals surface area contributed by atoms with Crippen molar-refractivity contribution in [3.8, 4) is 0 Å². The van der Waals surface area contributed by atoms with E-state index in [-0.39, 0.29) is 42.7 Å². The molecule has 2 saturated heterocycles. The van der Waals surface area contributed by atoms with Crippen LogP contribution in [0, 0.1) is 0 Å². The van der Waals surface area contributed by atoms with Crippen LogP contribution in [0.5, 0.6) is 0 Å². The molecule has 17 heavy (non-hydrogen) atoms. The highest BCUT2D eigenvalue weighted by molar-refractivity contribution is 5.72. The van der Waals surface area contributed by atoms with Gasteiger partial charge in [0.2, 0.25) is 0 Å². The van der Waals surface area contributed by atoms with Crippen LogP contribution in [0.4, 0.5) is 17.3 Å². The molecule has 2 aliphatic heterocycles. The van der Waals surface area contributed by atoms with Gasteiger partial charge in [0, 0.05) is 0 Å². The standard InChI is InChI=1S/C9H13N5O3/c10-4-7(11)12-2-13-8(4)14-9-6-5(17-6)3(1-15)16-9/h2-3,5-6,9,15H,1,10H2,(H3,11,12,13,14)/t3?,5-,6-,9+/m0/s1. The van der Waals surface area contributed by atoms with Crippen LogP contribution in [0.1, 0.15) is 0 Å². The van der Waals surface area contributed by atoms with Crippen molar-refractivity contribution >= 4 is 17.3 Å². The van der Waals surface area contributed by atoms with Gasteiger partial charge in [0.05, 0.1) is 6.61 Å². The van der Waals surface area contributed by atoms with Crippen LogP contribution in [0.15, 0.2) is 6.33 Å². The largest absolute Gasteiger partial charge is 0.394 e. The summed E-state index contributed by atoms with van der Waals surface area (Å²) in [6.07, 6.45) is 0.546. The van der Waals surface area contributed by atoms with E-state index in [4.69, 9.17) is 26.0 Å². The molecule has 8 heteroatoms. The minimum Gasteiger partial charge on any atom is -0.394 e. The summed E-state index contributed by atoms with van der Waals surface area (Å²) in [5.74, 6) is 0.628. The number of fused-ring (bicyclic) bond motifs is 1. The Morgan fingerprint density at radius 2 is 2.12 bits per heavy atom. The van der Waals surface area contributed by atoms with Crippen LogP contribution >= 0.6 is 0 Å². The van der Waals surface area contributed by atoms with Crippen molar-refractivity contribution < 1.29 is 14.6 Å². The fraction of sp³-hybridized carbons (Fsp3) is 0.556. The molecule has 4 atom stereocenters. The third-order valence-corrected chi connectivity index (χ3v) is 2.92. The summed E-state index contributed by atoms with van der Waals surface area (Å²) in [4.78, 5) is 7.75. The highest BCUT2D eigenvalue weighted by atomic mass is 16.7. The number of nitrogen functional groups attached to an aromatic ring is 2. The summed E-state index contributed by atoms with van der Waals surface area (Å²) in [6.45, 7) is -0.0687. The molecule has 1 aromatic rings. The third kappa shape index (κ3) is 1.66. The molecule has 2 fully saturated rings. The minimum absolute atomic E-state index is 0.0436. The van der Waals surface area contributed by atoms with Crippen molar-refractivity contribution in [2.45, 2.75) is 24.5 Å². The Bertz CT molecular complexity index is 443. The molecule has 6 N–H and O–H groups in total. The van der Waals surface area contributed by atoms with Crippen molar-refractivity contribution in [1.29, 1.82) is 0 Å². The SMILES string of the molecule is Nc1ncnc(N[C@@H]2OC(CO)[C@@H]3O[C@H]23)c1N. The van der Waals surface area contributed by atoms with Crippen LogP contribution in [-0.2, 0) is 9.47 Å². The van der Waals surface area contributed by atoms with Crippen molar-refractivity contribution in [2.75, 3.05) is 23.4 Å². The van der Waals surface area contributed by atoms with Gasteiger partial charge in [-0.15, -0.1) is 0 Å². The fourth-order valence-corrected chi connectivity index (χ4v) is 1.94. The molecule has 0 bridgehead atoms. The van der Waals surface area contributed by atoms with Gasteiger partial charge in [-0.3, -0.25) is 0 Å². The van der Waals surface area contributed by atoms with E-state index < -0.39 is 0 Å². The number of epoxide rings is 1. The van der Waals surface area contributed by atoms with E-state index in [2.05, 4.69) is 15.3 Å². The van der Waals surface area contributed by atoms with Crippen molar-refractivity contribution in [3.05, 3.63) is 6.33 Å². The topological polar surface area (TPSA) is 132 Å². The van der Waals surface area contributed by atoms with Crippen LogP contribution in [0.25, 0.3) is 0 Å². The zero-order chi connectivity index (χ0) is 12.0. The van der Waals surface area contributed by atoms with E-state index >= 15 is 0 Å². The van der Waals surface area contributed by atoms with E-state index in [1.165, 1.54) is 6.33 Å². The van der Waals surface area contributed by atoms with E-state index in [1.807, 2.05) is 0 Å². The molecule has 0 radical (unpaired) electrons. The van der Waals surface area contributed by atoms with Crippen molar-refractivity contribution in [2.24, 2.45) is 0 Å². The number of aliphatic hydroxyl groups excluding tert-OH is 1. The summed E-state index contributed by atoms with van der Waals surface area (Å²) < 4.78 is 10.9. The maximum absolute atomic E-state index is 9.04. The Hall–Kier alpha value is -1.64. The zero-order valence-corrected chi connectivity index (χ0v) is 8.91. The van der Waals surface area contributed by atoms with Crippen molar-refractivity contribution in [3.63, 3.8) is 0 Å². The Morgan fingerprint density at radius 3 is 2.82 bits per heavy atom. The molecule has 3 heterocycles. The maximum atomic E-state index is 9.04. The van der Waals surface area contributed by atoms with Crippen LogP contribution in [-0.4, -0.2) is 46.2 Å². The summed E-state index contributed by atoms with van der Waals surface area (Å²) in [5, 5.41) is 12.0. The molecule has 0 aromatic carbocycles. The average molecular weight is 239 g/mol. The van der Waals surface area contributed by atoms with Crippen LogP contribution < -0.4 is 16.8 Å². The smallest absolute Gasteiger partial charge is 0.158 e. The Labute approximate surface area is 96.9 Å². The lowest BCUT2D eigenvalue weighted by Crippen LogP contribution is -2.29. The number of anilines is 3. The van der Waals surface area contributed by atoms with Gasteiger partial charge in [-0.1, -0.05) is 0 Å². The molecule has 0 spiro atoms. The second-order valence-electron chi connectivity index (χ2n) is 4.01. The number of hydrogen-bond acceptors (Lipinski definition) is 8. The van der Waals surface area contributed by atoms with E-state index in [9.17, 15) is 0 Å². The summed E-state index contributed by atoms with van der Waals surface area (Å²) >= 11 is 0. The van der Waals surface area contributed by atoms with Gasteiger partial charge in [-0.05, 0) is 0 Å². The van der Waals surface area contributed by atoms with Crippen LogP contribution in [0.2, 0.25) is 0 Å². The molecule has 0 aliphatic carbocycles. The first-order valence-electron chi connectivity index (χ1n) is 5.25. The Balaban J connectivity index is 1.74. The number of nitrogens with one attached hydrogen (secondary N) is 1. The zero-order valence-electron chi connectivity index (χ0n) is 8.91. The predicted octanol–water partition coefficient (Wildman–Crippen LogP) is -1.46. The number of aliphatic hydroxyl groups is 1. The second-order valence-corrected chi connectivity index (χ2v) is 4.01. The number of nitrogens with two attached hydrogens (primary N) is 2. The lowest BCUT2D eigenvalue weighted by molar-refractivity contribution is -0.0404. The average Bonchev–Trinajstić information content (AvgIpc) is 3.04. The third-order valence-electron chi connectivity index (χ3n) is 2.92. The van der Waals surface area contributed by atoms with Gasteiger partial charge in [0.25, 0.3) is 0 Å². The number of nitrogens with zero attached hydrogens (tertiary/aromatic N) is 2. The van der Waals surface area contributed by atoms with E-state index in [0.717, 1.165) is 0 Å². The first-order chi connectivity index (χ1) is 8.20. The molecule has 2 aliphatic rings. The maximum Gasteiger partial charge on any atom is 0.158 e. The lowest BCUT2D eigenvalue weighted by Gasteiger charge is -2.18. The first kappa shape index (κ1) is 10.5. The number of rotatable bonds is 3. The molecule has 1 aromatic heterocycles. The molecular weight excluding hydrogens is 226 g/mol. The predicted molar refractivity (Wildman–Crippen MR) is 58.9 cm³/mol. The fourth-order valence-electron chi connectivity index (χ4n) is 1.94. The number of aromatic nitrogens is 2. The van der Waals surface area contributed by atoms with Gasteiger partial charge in [0.1, 0.15) is 30.3 Å². The van der Waals surface area contributed by atoms with E-state index in [0.29, 0.717) is 5.82 Å². The lowest BCUT2D eigenvalue weighted by atomic mass is 10.2. The van der Waals surface area contributed by atoms with Gasteiger partial charge in [-0.25, -0.2) is 9.97 Å². The molecule has 1 unspecified atom stereocenters. The van der Waals surface area contributed by atoms with Crippen molar-refractivity contribution in [1.82, 2.24) is 9.97 Å². The highest BCUT2D eigenvalue weighted by Crippen LogP contribution is 2.39. The Kier molecular flexibility index (Phi) is 2.28. The van der Waals surface area contributed by atoms with Gasteiger partial charge in [-0.2, -0.15) is 0 Å². The molecule has 0 amide bonds.